The fourth-order valence-electron chi connectivity index (χ4n) is 3.62. The van der Waals surface area contributed by atoms with Gasteiger partial charge in [-0.05, 0) is 45.3 Å². The maximum Gasteiger partial charge on any atom is 0.217 e. The van der Waals surface area contributed by atoms with Crippen molar-refractivity contribution >= 4 is 11.9 Å². The zero-order valence-corrected chi connectivity index (χ0v) is 16.5. The summed E-state index contributed by atoms with van der Waals surface area (Å²) in [7, 11) is 6.01. The quantitative estimate of drug-likeness (QED) is 0.600. The van der Waals surface area contributed by atoms with E-state index in [1.807, 2.05) is 7.05 Å². The van der Waals surface area contributed by atoms with Crippen LogP contribution in [-0.2, 0) is 4.79 Å². The molecule has 3 N–H and O–H groups in total. The normalized spacial score (nSPS) is 19.5. The first-order valence-electron chi connectivity index (χ1n) is 9.37. The minimum absolute atomic E-state index is 0.216. The summed E-state index contributed by atoms with van der Waals surface area (Å²) in [5, 5.41) is 3.53. The van der Waals surface area contributed by atoms with Gasteiger partial charge in [0, 0.05) is 33.1 Å². The van der Waals surface area contributed by atoms with Crippen LogP contribution in [0.25, 0.3) is 0 Å². The number of piperidine rings is 1. The van der Waals surface area contributed by atoms with Crippen molar-refractivity contribution in [3.05, 3.63) is 35.4 Å². The number of likely N-dealkylation sites (N-methyl/N-ethyl adjacent to an activating group) is 1. The molecule has 1 amide bonds. The maximum atomic E-state index is 11.2. The van der Waals surface area contributed by atoms with Crippen LogP contribution in [0.3, 0.4) is 0 Å². The number of carbonyl (C=O) groups is 1. The van der Waals surface area contributed by atoms with Crippen LogP contribution in [-0.4, -0.2) is 62.4 Å². The zero-order valence-electron chi connectivity index (χ0n) is 16.5. The number of nitrogens with one attached hydrogen (secondary N) is 1. The number of aryl methyl sites for hydroxylation is 1. The number of primary amides is 1. The fraction of sp³-hybridized carbons (Fsp3) is 0.600. The van der Waals surface area contributed by atoms with Gasteiger partial charge in [-0.15, -0.1) is 0 Å². The Morgan fingerprint density at radius 3 is 2.65 bits per heavy atom. The highest BCUT2D eigenvalue weighted by molar-refractivity contribution is 5.80. The Bertz CT molecular complexity index is 611. The maximum absolute atomic E-state index is 11.2. The number of rotatable bonds is 6. The van der Waals surface area contributed by atoms with Gasteiger partial charge >= 0.3 is 0 Å². The number of aliphatic imine (C=N–C) groups is 1. The van der Waals surface area contributed by atoms with Crippen molar-refractivity contribution in [2.24, 2.45) is 16.6 Å². The molecule has 2 atom stereocenters. The molecule has 0 bridgehead atoms. The second kappa shape index (κ2) is 9.57. The Kier molecular flexibility index (Phi) is 7.45. The summed E-state index contributed by atoms with van der Waals surface area (Å²) in [6, 6.07) is 8.94. The van der Waals surface area contributed by atoms with Gasteiger partial charge in [-0.25, -0.2) is 0 Å². The number of hydrogen-bond acceptors (Lipinski definition) is 3. The van der Waals surface area contributed by atoms with E-state index in [-0.39, 0.29) is 11.9 Å². The minimum atomic E-state index is -0.216. The lowest BCUT2D eigenvalue weighted by molar-refractivity contribution is -0.119. The third kappa shape index (κ3) is 5.73. The molecule has 1 aliphatic heterocycles. The summed E-state index contributed by atoms with van der Waals surface area (Å²) in [5.41, 5.74) is 7.93. The molecule has 0 aliphatic carbocycles. The fourth-order valence-corrected chi connectivity index (χ4v) is 3.62. The molecule has 144 valence electrons. The monoisotopic (exact) mass is 359 g/mol. The van der Waals surface area contributed by atoms with E-state index in [1.54, 1.807) is 0 Å². The molecule has 2 rings (SSSR count). The van der Waals surface area contributed by atoms with E-state index in [4.69, 9.17) is 5.73 Å². The van der Waals surface area contributed by atoms with E-state index >= 15 is 0 Å². The highest BCUT2D eigenvalue weighted by atomic mass is 16.1. The molecule has 1 saturated heterocycles. The van der Waals surface area contributed by atoms with Crippen molar-refractivity contribution in [3.8, 4) is 0 Å². The van der Waals surface area contributed by atoms with Gasteiger partial charge in [-0.2, -0.15) is 0 Å². The number of benzene rings is 1. The summed E-state index contributed by atoms with van der Waals surface area (Å²) in [4.78, 5) is 20.2. The Hall–Kier alpha value is -2.08. The topological polar surface area (TPSA) is 74.0 Å². The Morgan fingerprint density at radius 2 is 2.08 bits per heavy atom. The number of carbonyl (C=O) groups excluding carboxylic acids is 1. The van der Waals surface area contributed by atoms with Crippen molar-refractivity contribution in [1.82, 2.24) is 15.1 Å². The van der Waals surface area contributed by atoms with Gasteiger partial charge in [0.05, 0.1) is 6.04 Å². The molecule has 1 aromatic carbocycles. The van der Waals surface area contributed by atoms with Gasteiger partial charge in [0.25, 0.3) is 0 Å². The van der Waals surface area contributed by atoms with Gasteiger partial charge in [0.1, 0.15) is 0 Å². The smallest absolute Gasteiger partial charge is 0.217 e. The van der Waals surface area contributed by atoms with Crippen molar-refractivity contribution in [2.75, 3.05) is 40.8 Å². The summed E-state index contributed by atoms with van der Waals surface area (Å²) in [6.45, 7) is 4.68. The van der Waals surface area contributed by atoms with E-state index < -0.39 is 0 Å². The SMILES string of the molecule is CN=C(NCC(c1ccc(C)cc1)N(C)C)N1CCCC(CC(N)=O)C1. The Labute approximate surface area is 157 Å². The van der Waals surface area contributed by atoms with Crippen LogP contribution < -0.4 is 11.1 Å². The molecule has 1 aromatic rings. The van der Waals surface area contributed by atoms with Gasteiger partial charge in [0.15, 0.2) is 5.96 Å². The van der Waals surface area contributed by atoms with E-state index in [1.165, 1.54) is 11.1 Å². The molecule has 1 heterocycles. The first-order chi connectivity index (χ1) is 12.4. The molecule has 0 aromatic heterocycles. The van der Waals surface area contributed by atoms with E-state index in [0.717, 1.165) is 38.4 Å². The molecule has 0 radical (unpaired) electrons. The molecule has 0 spiro atoms. The summed E-state index contributed by atoms with van der Waals surface area (Å²) >= 11 is 0. The largest absolute Gasteiger partial charge is 0.370 e. The first kappa shape index (κ1) is 20.2. The molecular formula is C20H33N5O. The number of nitrogens with two attached hydrogens (primary N) is 1. The van der Waals surface area contributed by atoms with Crippen LogP contribution in [0.1, 0.15) is 36.4 Å². The van der Waals surface area contributed by atoms with Crippen LogP contribution in [0.15, 0.2) is 29.3 Å². The standard InChI is InChI=1S/C20H33N5O/c1-15-7-9-17(10-8-15)18(24(3)4)13-23-20(22-2)25-11-5-6-16(14-25)12-19(21)26/h7-10,16,18H,5-6,11-14H2,1-4H3,(H2,21,26)(H,22,23). The van der Waals surface area contributed by atoms with Crippen molar-refractivity contribution in [3.63, 3.8) is 0 Å². The highest BCUT2D eigenvalue weighted by Crippen LogP contribution is 2.21. The van der Waals surface area contributed by atoms with Gasteiger partial charge in [-0.1, -0.05) is 29.8 Å². The van der Waals surface area contributed by atoms with Crippen LogP contribution in [0.4, 0.5) is 0 Å². The van der Waals surface area contributed by atoms with Gasteiger partial charge in [-0.3, -0.25) is 9.79 Å². The van der Waals surface area contributed by atoms with Crippen LogP contribution >= 0.6 is 0 Å². The van der Waals surface area contributed by atoms with Crippen LogP contribution in [0, 0.1) is 12.8 Å². The second-order valence-electron chi connectivity index (χ2n) is 7.44. The van der Waals surface area contributed by atoms with E-state index in [9.17, 15) is 4.79 Å². The summed E-state index contributed by atoms with van der Waals surface area (Å²) in [5.74, 6) is 1.01. The molecule has 1 fully saturated rings. The molecular weight excluding hydrogens is 326 g/mol. The summed E-state index contributed by atoms with van der Waals surface area (Å²) in [6.07, 6.45) is 2.57. The number of guanidine groups is 1. The first-order valence-corrected chi connectivity index (χ1v) is 9.37. The molecule has 1 aliphatic rings. The van der Waals surface area contributed by atoms with Crippen LogP contribution in [0.5, 0.6) is 0 Å². The summed E-state index contributed by atoms with van der Waals surface area (Å²) < 4.78 is 0. The van der Waals surface area contributed by atoms with Crippen LogP contribution in [0.2, 0.25) is 0 Å². The lowest BCUT2D eigenvalue weighted by Crippen LogP contribution is -2.48. The average molecular weight is 360 g/mol. The van der Waals surface area contributed by atoms with E-state index in [0.29, 0.717) is 12.3 Å². The number of likely N-dealkylation sites (tertiary alicyclic amines) is 1. The molecule has 2 unspecified atom stereocenters. The van der Waals surface area contributed by atoms with E-state index in [2.05, 4.69) is 65.4 Å². The lowest BCUT2D eigenvalue weighted by Gasteiger charge is -2.35. The Balaban J connectivity index is 1.99. The second-order valence-corrected chi connectivity index (χ2v) is 7.44. The number of amides is 1. The molecule has 26 heavy (non-hydrogen) atoms. The third-order valence-electron chi connectivity index (χ3n) is 5.06. The molecule has 6 heteroatoms. The highest BCUT2D eigenvalue weighted by Gasteiger charge is 2.24. The third-order valence-corrected chi connectivity index (χ3v) is 5.06. The number of hydrogen-bond donors (Lipinski definition) is 2. The van der Waals surface area contributed by atoms with Gasteiger partial charge in [0.2, 0.25) is 5.91 Å². The lowest BCUT2D eigenvalue weighted by atomic mass is 9.95. The minimum Gasteiger partial charge on any atom is -0.370 e. The van der Waals surface area contributed by atoms with Gasteiger partial charge < -0.3 is 20.9 Å². The predicted molar refractivity (Wildman–Crippen MR) is 107 cm³/mol. The van der Waals surface area contributed by atoms with Crippen molar-refractivity contribution in [1.29, 1.82) is 0 Å². The predicted octanol–water partition coefficient (Wildman–Crippen LogP) is 1.76. The zero-order chi connectivity index (χ0) is 19.1. The van der Waals surface area contributed by atoms with Crippen molar-refractivity contribution < 1.29 is 4.79 Å². The average Bonchev–Trinajstić information content (AvgIpc) is 2.59. The molecule has 0 saturated carbocycles. The number of nitrogens with zero attached hydrogens (tertiary/aromatic N) is 3. The van der Waals surface area contributed by atoms with Crippen molar-refractivity contribution in [2.45, 2.75) is 32.2 Å². The Morgan fingerprint density at radius 1 is 1.38 bits per heavy atom. The molecule has 6 nitrogen and oxygen atoms in total.